The van der Waals surface area contributed by atoms with Gasteiger partial charge >= 0.3 is 6.09 Å². The van der Waals surface area contributed by atoms with Crippen LogP contribution in [0, 0.1) is 11.3 Å². The summed E-state index contributed by atoms with van der Waals surface area (Å²) in [6, 6.07) is 17.2. The summed E-state index contributed by atoms with van der Waals surface area (Å²) in [5.41, 5.74) is 2.36. The van der Waals surface area contributed by atoms with Gasteiger partial charge in [0.2, 0.25) is 0 Å². The molecule has 152 valence electrons. The largest absolute Gasteiger partial charge is 0.492 e. The second kappa shape index (κ2) is 10.3. The SMILES string of the molecule is CCOc1ccccc1NC(=O)OCCN1CCN(c2cccc(C#N)c2)CC1. The molecule has 0 aliphatic carbocycles. The van der Waals surface area contributed by atoms with Crippen LogP contribution in [0.2, 0.25) is 0 Å². The van der Waals surface area contributed by atoms with Gasteiger partial charge in [0.1, 0.15) is 12.4 Å². The number of amides is 1. The molecule has 1 N–H and O–H groups in total. The molecule has 0 aromatic heterocycles. The van der Waals surface area contributed by atoms with Crippen LogP contribution in [0.1, 0.15) is 12.5 Å². The van der Waals surface area contributed by atoms with Crippen LogP contribution in [0.3, 0.4) is 0 Å². The van der Waals surface area contributed by atoms with Crippen molar-refractivity contribution in [3.63, 3.8) is 0 Å². The van der Waals surface area contributed by atoms with E-state index in [4.69, 9.17) is 14.7 Å². The maximum Gasteiger partial charge on any atom is 0.411 e. The van der Waals surface area contributed by atoms with Gasteiger partial charge in [-0.25, -0.2) is 4.79 Å². The van der Waals surface area contributed by atoms with Crippen molar-refractivity contribution in [3.8, 4) is 11.8 Å². The third kappa shape index (κ3) is 5.87. The predicted molar refractivity (Wildman–Crippen MR) is 112 cm³/mol. The number of piperazine rings is 1. The van der Waals surface area contributed by atoms with E-state index in [-0.39, 0.29) is 0 Å². The highest BCUT2D eigenvalue weighted by Crippen LogP contribution is 2.23. The first kappa shape index (κ1) is 20.5. The number of benzene rings is 2. The van der Waals surface area contributed by atoms with Crippen LogP contribution in [0.25, 0.3) is 0 Å². The molecule has 1 aliphatic rings. The summed E-state index contributed by atoms with van der Waals surface area (Å²) in [5, 5.41) is 11.8. The molecule has 0 bridgehead atoms. The van der Waals surface area contributed by atoms with E-state index < -0.39 is 6.09 Å². The van der Waals surface area contributed by atoms with Gasteiger partial charge in [-0.05, 0) is 37.3 Å². The molecule has 7 heteroatoms. The molecule has 1 fully saturated rings. The molecular weight excluding hydrogens is 368 g/mol. The number of ether oxygens (including phenoxy) is 2. The summed E-state index contributed by atoms with van der Waals surface area (Å²) in [5.74, 6) is 0.628. The number of nitrogens with zero attached hydrogens (tertiary/aromatic N) is 3. The average Bonchev–Trinajstić information content (AvgIpc) is 2.76. The van der Waals surface area contributed by atoms with Gasteiger partial charge in [-0.2, -0.15) is 5.26 Å². The Morgan fingerprint density at radius 1 is 1.14 bits per heavy atom. The second-order valence-corrected chi connectivity index (χ2v) is 6.68. The predicted octanol–water partition coefficient (Wildman–Crippen LogP) is 3.33. The number of nitriles is 1. The van der Waals surface area contributed by atoms with E-state index in [2.05, 4.69) is 21.2 Å². The quantitative estimate of drug-likeness (QED) is 0.776. The van der Waals surface area contributed by atoms with Crippen molar-refractivity contribution in [2.24, 2.45) is 0 Å². The summed E-state index contributed by atoms with van der Waals surface area (Å²) in [4.78, 5) is 16.6. The van der Waals surface area contributed by atoms with Gasteiger partial charge in [0.05, 0.1) is 23.9 Å². The van der Waals surface area contributed by atoms with Crippen molar-refractivity contribution in [3.05, 3.63) is 54.1 Å². The molecule has 0 radical (unpaired) electrons. The molecule has 0 atom stereocenters. The lowest BCUT2D eigenvalue weighted by molar-refractivity contribution is 0.137. The number of para-hydroxylation sites is 2. The van der Waals surface area contributed by atoms with Gasteiger partial charge < -0.3 is 14.4 Å². The maximum atomic E-state index is 12.1. The smallest absolute Gasteiger partial charge is 0.411 e. The van der Waals surface area contributed by atoms with E-state index >= 15 is 0 Å². The molecule has 1 saturated heterocycles. The maximum absolute atomic E-state index is 12.1. The summed E-state index contributed by atoms with van der Waals surface area (Å²) in [7, 11) is 0. The Balaban J connectivity index is 1.39. The summed E-state index contributed by atoms with van der Waals surface area (Å²) in [6.45, 7) is 6.96. The van der Waals surface area contributed by atoms with Crippen molar-refractivity contribution >= 4 is 17.5 Å². The van der Waals surface area contributed by atoms with Gasteiger partial charge in [-0.1, -0.05) is 18.2 Å². The molecule has 29 heavy (non-hydrogen) atoms. The first-order valence-corrected chi connectivity index (χ1v) is 9.82. The Labute approximate surface area is 171 Å². The normalized spacial score (nSPS) is 14.1. The lowest BCUT2D eigenvalue weighted by atomic mass is 10.2. The van der Waals surface area contributed by atoms with E-state index in [0.29, 0.717) is 36.8 Å². The standard InChI is InChI=1S/C22H26N4O3/c1-2-28-21-9-4-3-8-20(21)24-22(27)29-15-14-25-10-12-26(13-11-25)19-7-5-6-18(16-19)17-23/h3-9,16H,2,10-15H2,1H3,(H,24,27). The highest BCUT2D eigenvalue weighted by atomic mass is 16.5. The zero-order chi connectivity index (χ0) is 20.5. The first-order valence-electron chi connectivity index (χ1n) is 9.82. The summed E-state index contributed by atoms with van der Waals surface area (Å²) < 4.78 is 10.8. The fraction of sp³-hybridized carbons (Fsp3) is 0.364. The molecule has 0 spiro atoms. The number of carbonyl (C=O) groups is 1. The fourth-order valence-corrected chi connectivity index (χ4v) is 3.27. The molecule has 1 heterocycles. The van der Waals surface area contributed by atoms with Gasteiger partial charge in [-0.3, -0.25) is 10.2 Å². The molecule has 1 amide bonds. The molecule has 0 saturated carbocycles. The van der Waals surface area contributed by atoms with Crippen LogP contribution in [0.15, 0.2) is 48.5 Å². The monoisotopic (exact) mass is 394 g/mol. The topological polar surface area (TPSA) is 77.8 Å². The van der Waals surface area contributed by atoms with E-state index in [0.717, 1.165) is 31.9 Å². The number of anilines is 2. The summed E-state index contributed by atoms with van der Waals surface area (Å²) in [6.07, 6.45) is -0.482. The Morgan fingerprint density at radius 3 is 2.69 bits per heavy atom. The zero-order valence-corrected chi connectivity index (χ0v) is 16.6. The number of hydrogen-bond donors (Lipinski definition) is 1. The van der Waals surface area contributed by atoms with Crippen LogP contribution in [-0.2, 0) is 4.74 Å². The second-order valence-electron chi connectivity index (χ2n) is 6.68. The van der Waals surface area contributed by atoms with Crippen LogP contribution >= 0.6 is 0 Å². The Kier molecular flexibility index (Phi) is 7.31. The molecule has 2 aromatic carbocycles. The van der Waals surface area contributed by atoms with Crippen LogP contribution in [0.4, 0.5) is 16.2 Å². The van der Waals surface area contributed by atoms with Gasteiger partial charge in [-0.15, -0.1) is 0 Å². The number of carbonyl (C=O) groups excluding carboxylic acids is 1. The molecule has 0 unspecified atom stereocenters. The Bertz CT molecular complexity index is 857. The third-order valence-corrected chi connectivity index (χ3v) is 4.78. The van der Waals surface area contributed by atoms with Crippen molar-refractivity contribution in [1.82, 2.24) is 4.90 Å². The molecule has 7 nitrogen and oxygen atoms in total. The highest BCUT2D eigenvalue weighted by Gasteiger charge is 2.18. The number of hydrogen-bond acceptors (Lipinski definition) is 6. The lowest BCUT2D eigenvalue weighted by Gasteiger charge is -2.36. The molecule has 1 aliphatic heterocycles. The summed E-state index contributed by atoms with van der Waals surface area (Å²) >= 11 is 0. The van der Waals surface area contributed by atoms with Gasteiger partial charge in [0.25, 0.3) is 0 Å². The number of nitrogens with one attached hydrogen (secondary N) is 1. The van der Waals surface area contributed by atoms with Crippen molar-refractivity contribution in [2.75, 3.05) is 56.2 Å². The lowest BCUT2D eigenvalue weighted by Crippen LogP contribution is -2.47. The Morgan fingerprint density at radius 2 is 1.93 bits per heavy atom. The zero-order valence-electron chi connectivity index (χ0n) is 16.6. The number of rotatable bonds is 7. The molecular formula is C22H26N4O3. The van der Waals surface area contributed by atoms with Crippen molar-refractivity contribution < 1.29 is 14.3 Å². The minimum atomic E-state index is -0.482. The van der Waals surface area contributed by atoms with Crippen LogP contribution in [-0.4, -0.2) is 56.9 Å². The molecule has 2 aromatic rings. The van der Waals surface area contributed by atoms with E-state index in [1.165, 1.54) is 0 Å². The van der Waals surface area contributed by atoms with Crippen LogP contribution < -0.4 is 15.0 Å². The first-order chi connectivity index (χ1) is 14.2. The van der Waals surface area contributed by atoms with Gasteiger partial charge in [0, 0.05) is 38.4 Å². The van der Waals surface area contributed by atoms with Crippen molar-refractivity contribution in [2.45, 2.75) is 6.92 Å². The van der Waals surface area contributed by atoms with E-state index in [1.54, 1.807) is 6.07 Å². The van der Waals surface area contributed by atoms with Gasteiger partial charge in [0.15, 0.2) is 0 Å². The van der Waals surface area contributed by atoms with E-state index in [1.807, 2.05) is 49.4 Å². The van der Waals surface area contributed by atoms with Crippen LogP contribution in [0.5, 0.6) is 5.75 Å². The molecule has 3 rings (SSSR count). The average molecular weight is 394 g/mol. The minimum absolute atomic E-state index is 0.326. The van der Waals surface area contributed by atoms with Crippen molar-refractivity contribution in [1.29, 1.82) is 5.26 Å². The fourth-order valence-electron chi connectivity index (χ4n) is 3.27. The van der Waals surface area contributed by atoms with E-state index in [9.17, 15) is 4.79 Å². The third-order valence-electron chi connectivity index (χ3n) is 4.78. The highest BCUT2D eigenvalue weighted by molar-refractivity contribution is 5.86. The minimum Gasteiger partial charge on any atom is -0.492 e. The Hall–Kier alpha value is -3.24.